The number of hydrogen-bond donors (Lipinski definition) is 2. The fourth-order valence-electron chi connectivity index (χ4n) is 0.331. The standard InChI is InChI=1S/C6H10O4/c1-3-10-6(9)4(2)5(7)8/h7-8H,3H2,1-2H3. The average molecular weight is 146 g/mol. The molecular weight excluding hydrogens is 136 g/mol. The summed E-state index contributed by atoms with van der Waals surface area (Å²) in [6.45, 7) is 3.14. The van der Waals surface area contributed by atoms with Gasteiger partial charge < -0.3 is 14.9 Å². The highest BCUT2D eigenvalue weighted by Crippen LogP contribution is 1.99. The van der Waals surface area contributed by atoms with E-state index in [1.165, 1.54) is 6.92 Å². The molecule has 0 heterocycles. The molecule has 4 nitrogen and oxygen atoms in total. The van der Waals surface area contributed by atoms with Gasteiger partial charge in [-0.1, -0.05) is 0 Å². The maximum absolute atomic E-state index is 10.6. The van der Waals surface area contributed by atoms with Crippen LogP contribution < -0.4 is 0 Å². The van der Waals surface area contributed by atoms with Gasteiger partial charge in [0.15, 0.2) is 0 Å². The number of carbonyl (C=O) groups excluding carboxylic acids is 1. The predicted octanol–water partition coefficient (Wildman–Crippen LogP) is 0.897. The molecule has 0 amide bonds. The van der Waals surface area contributed by atoms with Crippen molar-refractivity contribution in [3.63, 3.8) is 0 Å². The van der Waals surface area contributed by atoms with Gasteiger partial charge in [-0.2, -0.15) is 0 Å². The van der Waals surface area contributed by atoms with Crippen LogP contribution in [0.3, 0.4) is 0 Å². The van der Waals surface area contributed by atoms with Crippen molar-refractivity contribution in [2.75, 3.05) is 6.61 Å². The zero-order valence-electron chi connectivity index (χ0n) is 5.92. The minimum absolute atomic E-state index is 0.179. The summed E-state index contributed by atoms with van der Waals surface area (Å²) in [6.07, 6.45) is 0. The number of hydrogen-bond acceptors (Lipinski definition) is 4. The molecular formula is C6H10O4. The molecule has 0 saturated carbocycles. The molecule has 0 radical (unpaired) electrons. The van der Waals surface area contributed by atoms with Crippen molar-refractivity contribution in [1.29, 1.82) is 0 Å². The summed E-state index contributed by atoms with van der Waals surface area (Å²) < 4.78 is 4.45. The zero-order valence-corrected chi connectivity index (χ0v) is 5.92. The largest absolute Gasteiger partial charge is 0.481 e. The highest BCUT2D eigenvalue weighted by molar-refractivity contribution is 5.87. The van der Waals surface area contributed by atoms with E-state index in [4.69, 9.17) is 10.2 Å². The first kappa shape index (κ1) is 8.81. The van der Waals surface area contributed by atoms with Crippen LogP contribution in [-0.4, -0.2) is 22.8 Å². The summed E-state index contributed by atoms with van der Waals surface area (Å²) in [5, 5.41) is 16.7. The molecule has 0 rings (SSSR count). The van der Waals surface area contributed by atoms with Crippen molar-refractivity contribution < 1.29 is 19.7 Å². The van der Waals surface area contributed by atoms with Crippen molar-refractivity contribution in [2.45, 2.75) is 13.8 Å². The van der Waals surface area contributed by atoms with Gasteiger partial charge in [-0.25, -0.2) is 4.79 Å². The number of aliphatic hydroxyl groups excluding tert-OH is 1. The molecule has 0 fully saturated rings. The minimum atomic E-state index is -0.988. The van der Waals surface area contributed by atoms with Gasteiger partial charge in [0.2, 0.25) is 0 Å². The lowest BCUT2D eigenvalue weighted by molar-refractivity contribution is -0.138. The molecule has 4 heteroatoms. The van der Waals surface area contributed by atoms with E-state index in [2.05, 4.69) is 4.74 Å². The van der Waals surface area contributed by atoms with E-state index in [1.807, 2.05) is 0 Å². The molecule has 0 unspecified atom stereocenters. The first-order valence-electron chi connectivity index (χ1n) is 2.85. The highest BCUT2D eigenvalue weighted by atomic mass is 16.5. The topological polar surface area (TPSA) is 66.8 Å². The van der Waals surface area contributed by atoms with Gasteiger partial charge in [-0.3, -0.25) is 0 Å². The Hall–Kier alpha value is -1.19. The van der Waals surface area contributed by atoms with E-state index in [0.717, 1.165) is 0 Å². The lowest BCUT2D eigenvalue weighted by Gasteiger charge is -1.99. The van der Waals surface area contributed by atoms with Crippen LogP contribution in [0.2, 0.25) is 0 Å². The molecule has 58 valence electrons. The fraction of sp³-hybridized carbons (Fsp3) is 0.500. The van der Waals surface area contributed by atoms with Crippen LogP contribution >= 0.6 is 0 Å². The van der Waals surface area contributed by atoms with Crippen molar-refractivity contribution in [3.8, 4) is 0 Å². The second-order valence-electron chi connectivity index (χ2n) is 1.67. The van der Waals surface area contributed by atoms with Gasteiger partial charge in [0.25, 0.3) is 5.95 Å². The Morgan fingerprint density at radius 2 is 2.00 bits per heavy atom. The lowest BCUT2D eigenvalue weighted by Crippen LogP contribution is -2.07. The van der Waals surface area contributed by atoms with Gasteiger partial charge in [0, 0.05) is 0 Å². The molecule has 2 N–H and O–H groups in total. The molecule has 0 atom stereocenters. The quantitative estimate of drug-likeness (QED) is 0.345. The Morgan fingerprint density at radius 3 is 2.30 bits per heavy atom. The minimum Gasteiger partial charge on any atom is -0.481 e. The molecule has 0 aromatic heterocycles. The summed E-state index contributed by atoms with van der Waals surface area (Å²) in [7, 11) is 0. The molecule has 0 saturated heterocycles. The number of aliphatic hydroxyl groups is 2. The summed E-state index contributed by atoms with van der Waals surface area (Å²) in [6, 6.07) is 0. The number of ether oxygens (including phenoxy) is 1. The normalized spacial score (nSPS) is 8.60. The third kappa shape index (κ3) is 2.39. The van der Waals surface area contributed by atoms with Crippen molar-refractivity contribution in [2.24, 2.45) is 0 Å². The third-order valence-corrected chi connectivity index (χ3v) is 0.917. The average Bonchev–Trinajstić information content (AvgIpc) is 1.87. The molecule has 0 aliphatic rings. The molecule has 0 aromatic rings. The van der Waals surface area contributed by atoms with Crippen molar-refractivity contribution in [3.05, 3.63) is 11.5 Å². The monoisotopic (exact) mass is 146 g/mol. The summed E-state index contributed by atoms with van der Waals surface area (Å²) in [4.78, 5) is 10.6. The van der Waals surface area contributed by atoms with E-state index in [0.29, 0.717) is 0 Å². The van der Waals surface area contributed by atoms with E-state index in [1.54, 1.807) is 6.92 Å². The Kier molecular flexibility index (Phi) is 3.32. The van der Waals surface area contributed by atoms with Gasteiger partial charge in [0.1, 0.15) is 5.57 Å². The van der Waals surface area contributed by atoms with E-state index < -0.39 is 11.9 Å². The molecule has 0 aliphatic heterocycles. The SMILES string of the molecule is CCOC(=O)C(C)=C(O)O. The smallest absolute Gasteiger partial charge is 0.340 e. The van der Waals surface area contributed by atoms with Gasteiger partial charge in [0.05, 0.1) is 6.61 Å². The zero-order chi connectivity index (χ0) is 8.15. The summed E-state index contributed by atoms with van der Waals surface area (Å²) in [5.41, 5.74) is -0.179. The van der Waals surface area contributed by atoms with Gasteiger partial charge in [-0.15, -0.1) is 0 Å². The predicted molar refractivity (Wildman–Crippen MR) is 34.6 cm³/mol. The van der Waals surface area contributed by atoms with Crippen molar-refractivity contribution >= 4 is 5.97 Å². The first-order chi connectivity index (χ1) is 4.59. The maximum Gasteiger partial charge on any atom is 0.340 e. The van der Waals surface area contributed by atoms with Crippen LogP contribution in [0.15, 0.2) is 11.5 Å². The van der Waals surface area contributed by atoms with Crippen LogP contribution in [0.25, 0.3) is 0 Å². The van der Waals surface area contributed by atoms with Crippen LogP contribution in [0, 0.1) is 0 Å². The Labute approximate surface area is 58.7 Å². The van der Waals surface area contributed by atoms with Crippen LogP contribution in [0.4, 0.5) is 0 Å². The molecule has 0 spiro atoms. The summed E-state index contributed by atoms with van der Waals surface area (Å²) in [5.74, 6) is -1.69. The summed E-state index contributed by atoms with van der Waals surface area (Å²) >= 11 is 0. The van der Waals surface area contributed by atoms with Crippen LogP contribution in [-0.2, 0) is 9.53 Å². The number of rotatable bonds is 2. The van der Waals surface area contributed by atoms with Gasteiger partial charge in [-0.05, 0) is 13.8 Å². The van der Waals surface area contributed by atoms with Gasteiger partial charge >= 0.3 is 5.97 Å². The Bertz CT molecular complexity index is 155. The first-order valence-corrected chi connectivity index (χ1v) is 2.85. The Morgan fingerprint density at radius 1 is 1.50 bits per heavy atom. The molecule has 0 aromatic carbocycles. The fourth-order valence-corrected chi connectivity index (χ4v) is 0.331. The lowest BCUT2D eigenvalue weighted by atomic mass is 10.3. The second-order valence-corrected chi connectivity index (χ2v) is 1.67. The van der Waals surface area contributed by atoms with E-state index in [9.17, 15) is 4.79 Å². The third-order valence-electron chi connectivity index (χ3n) is 0.917. The molecule has 0 aliphatic carbocycles. The number of carbonyl (C=O) groups is 1. The van der Waals surface area contributed by atoms with E-state index >= 15 is 0 Å². The highest BCUT2D eigenvalue weighted by Gasteiger charge is 2.09. The molecule has 0 bridgehead atoms. The molecule has 10 heavy (non-hydrogen) atoms. The van der Waals surface area contributed by atoms with Crippen LogP contribution in [0.1, 0.15) is 13.8 Å². The van der Waals surface area contributed by atoms with Crippen molar-refractivity contribution in [1.82, 2.24) is 0 Å². The second kappa shape index (κ2) is 3.76. The van der Waals surface area contributed by atoms with E-state index in [-0.39, 0.29) is 12.2 Å². The Balaban J connectivity index is 4.09. The van der Waals surface area contributed by atoms with Crippen LogP contribution in [0.5, 0.6) is 0 Å². The maximum atomic E-state index is 10.6. The number of esters is 1.